The predicted octanol–water partition coefficient (Wildman–Crippen LogP) is 1.76. The SMILES string of the molecule is CCNC(=NCCC(F)(F)F)NCCOC.I. The highest BCUT2D eigenvalue weighted by molar-refractivity contribution is 14.0. The molecule has 0 aliphatic heterocycles. The Morgan fingerprint density at radius 1 is 1.29 bits per heavy atom. The Morgan fingerprint density at radius 2 is 1.94 bits per heavy atom. The van der Waals surface area contributed by atoms with Gasteiger partial charge in [0.25, 0.3) is 0 Å². The van der Waals surface area contributed by atoms with E-state index in [9.17, 15) is 13.2 Å². The van der Waals surface area contributed by atoms with Crippen LogP contribution in [0.2, 0.25) is 0 Å². The van der Waals surface area contributed by atoms with Crippen LogP contribution in [0.1, 0.15) is 13.3 Å². The van der Waals surface area contributed by atoms with Crippen molar-refractivity contribution in [2.75, 3.05) is 33.4 Å². The van der Waals surface area contributed by atoms with Crippen LogP contribution in [0.3, 0.4) is 0 Å². The number of methoxy groups -OCH3 is 1. The largest absolute Gasteiger partial charge is 0.390 e. The zero-order valence-corrected chi connectivity index (χ0v) is 12.3. The van der Waals surface area contributed by atoms with Gasteiger partial charge in [0, 0.05) is 20.2 Å². The van der Waals surface area contributed by atoms with Gasteiger partial charge in [0.15, 0.2) is 5.96 Å². The average molecular weight is 369 g/mol. The third-order valence-electron chi connectivity index (χ3n) is 1.61. The summed E-state index contributed by atoms with van der Waals surface area (Å²) in [4.78, 5) is 3.79. The summed E-state index contributed by atoms with van der Waals surface area (Å²) in [5, 5.41) is 5.70. The summed E-state index contributed by atoms with van der Waals surface area (Å²) < 4.78 is 40.4. The zero-order valence-electron chi connectivity index (χ0n) is 9.93. The molecule has 0 aliphatic rings. The highest BCUT2D eigenvalue weighted by Gasteiger charge is 2.26. The summed E-state index contributed by atoms with van der Waals surface area (Å²) >= 11 is 0. The average Bonchev–Trinajstić information content (AvgIpc) is 2.16. The van der Waals surface area contributed by atoms with Crippen LogP contribution in [0, 0.1) is 0 Å². The first kappa shape index (κ1) is 19.1. The summed E-state index contributed by atoms with van der Waals surface area (Å²) in [7, 11) is 1.55. The number of hydrogen-bond donors (Lipinski definition) is 2. The number of hydrogen-bond acceptors (Lipinski definition) is 2. The van der Waals surface area contributed by atoms with Gasteiger partial charge < -0.3 is 15.4 Å². The van der Waals surface area contributed by atoms with Gasteiger partial charge in [-0.05, 0) is 6.92 Å². The first-order chi connectivity index (χ1) is 7.49. The van der Waals surface area contributed by atoms with Crippen molar-refractivity contribution < 1.29 is 17.9 Å². The summed E-state index contributed by atoms with van der Waals surface area (Å²) in [6.07, 6.45) is -5.07. The molecular formula is C9H19F3IN3O. The fourth-order valence-electron chi connectivity index (χ4n) is 0.908. The monoisotopic (exact) mass is 369 g/mol. The Labute approximate surface area is 116 Å². The van der Waals surface area contributed by atoms with E-state index in [0.717, 1.165) is 0 Å². The molecule has 0 aromatic heterocycles. The van der Waals surface area contributed by atoms with Crippen LogP contribution in [-0.4, -0.2) is 45.5 Å². The molecule has 0 saturated carbocycles. The lowest BCUT2D eigenvalue weighted by Gasteiger charge is -2.11. The van der Waals surface area contributed by atoms with Crippen LogP contribution in [0.15, 0.2) is 4.99 Å². The molecule has 0 saturated heterocycles. The normalized spacial score (nSPS) is 11.9. The Balaban J connectivity index is 0. The molecule has 0 aromatic carbocycles. The second-order valence-electron chi connectivity index (χ2n) is 3.05. The second-order valence-corrected chi connectivity index (χ2v) is 3.05. The van der Waals surface area contributed by atoms with Crippen molar-refractivity contribution in [1.29, 1.82) is 0 Å². The molecule has 2 N–H and O–H groups in total. The van der Waals surface area contributed by atoms with E-state index < -0.39 is 12.6 Å². The topological polar surface area (TPSA) is 45.7 Å². The number of aliphatic imine (C=N–C) groups is 1. The Morgan fingerprint density at radius 3 is 2.41 bits per heavy atom. The molecule has 0 bridgehead atoms. The van der Waals surface area contributed by atoms with Crippen molar-refractivity contribution in [3.8, 4) is 0 Å². The van der Waals surface area contributed by atoms with E-state index in [4.69, 9.17) is 4.74 Å². The number of nitrogens with one attached hydrogen (secondary N) is 2. The van der Waals surface area contributed by atoms with Gasteiger partial charge in [-0.15, -0.1) is 24.0 Å². The Bertz CT molecular complexity index is 212. The number of nitrogens with zero attached hydrogens (tertiary/aromatic N) is 1. The summed E-state index contributed by atoms with van der Waals surface area (Å²) in [6.45, 7) is 3.16. The fourth-order valence-corrected chi connectivity index (χ4v) is 0.908. The molecule has 0 fully saturated rings. The van der Waals surface area contributed by atoms with Gasteiger partial charge in [-0.2, -0.15) is 13.2 Å². The molecule has 0 heterocycles. The van der Waals surface area contributed by atoms with Gasteiger partial charge in [-0.1, -0.05) is 0 Å². The number of guanidine groups is 1. The van der Waals surface area contributed by atoms with Crippen molar-refractivity contribution in [2.45, 2.75) is 19.5 Å². The van der Waals surface area contributed by atoms with Gasteiger partial charge >= 0.3 is 6.18 Å². The number of ether oxygens (including phenoxy) is 1. The van der Waals surface area contributed by atoms with Crippen LogP contribution < -0.4 is 10.6 Å². The van der Waals surface area contributed by atoms with E-state index in [1.165, 1.54) is 0 Å². The minimum atomic E-state index is -4.16. The van der Waals surface area contributed by atoms with E-state index in [1.54, 1.807) is 7.11 Å². The third kappa shape index (κ3) is 13.7. The molecule has 0 radical (unpaired) electrons. The second kappa shape index (κ2) is 10.9. The van der Waals surface area contributed by atoms with Crippen LogP contribution in [0.5, 0.6) is 0 Å². The predicted molar refractivity (Wildman–Crippen MR) is 71.9 cm³/mol. The lowest BCUT2D eigenvalue weighted by atomic mass is 10.4. The molecule has 104 valence electrons. The molecule has 0 rings (SSSR count). The highest BCUT2D eigenvalue weighted by Crippen LogP contribution is 2.18. The molecule has 0 unspecified atom stereocenters. The molecule has 0 amide bonds. The molecule has 0 atom stereocenters. The van der Waals surface area contributed by atoms with E-state index in [0.29, 0.717) is 25.7 Å². The van der Waals surface area contributed by atoms with Crippen LogP contribution in [-0.2, 0) is 4.74 Å². The maximum absolute atomic E-state index is 11.9. The van der Waals surface area contributed by atoms with Crippen molar-refractivity contribution in [2.24, 2.45) is 4.99 Å². The van der Waals surface area contributed by atoms with Crippen molar-refractivity contribution in [3.05, 3.63) is 0 Å². The Kier molecular flexibility index (Phi) is 12.2. The third-order valence-corrected chi connectivity index (χ3v) is 1.61. The van der Waals surface area contributed by atoms with Gasteiger partial charge in [0.1, 0.15) is 0 Å². The maximum atomic E-state index is 11.9. The molecule has 0 spiro atoms. The maximum Gasteiger partial charge on any atom is 0.390 e. The highest BCUT2D eigenvalue weighted by atomic mass is 127. The number of rotatable bonds is 6. The van der Waals surface area contributed by atoms with E-state index >= 15 is 0 Å². The number of halogens is 4. The molecule has 0 aromatic rings. The van der Waals surface area contributed by atoms with Gasteiger partial charge in [0.2, 0.25) is 0 Å². The van der Waals surface area contributed by atoms with Crippen LogP contribution in [0.4, 0.5) is 13.2 Å². The first-order valence-corrected chi connectivity index (χ1v) is 5.07. The molecule has 8 heteroatoms. The lowest BCUT2D eigenvalue weighted by molar-refractivity contribution is -0.132. The van der Waals surface area contributed by atoms with E-state index in [-0.39, 0.29) is 30.5 Å². The molecular weight excluding hydrogens is 350 g/mol. The Hall–Kier alpha value is -0.250. The van der Waals surface area contributed by atoms with Crippen molar-refractivity contribution in [3.63, 3.8) is 0 Å². The minimum Gasteiger partial charge on any atom is -0.383 e. The van der Waals surface area contributed by atoms with Crippen molar-refractivity contribution in [1.82, 2.24) is 10.6 Å². The minimum absolute atomic E-state index is 0. The summed E-state index contributed by atoms with van der Waals surface area (Å²) in [6, 6.07) is 0. The summed E-state index contributed by atoms with van der Waals surface area (Å²) in [5.74, 6) is 0.379. The van der Waals surface area contributed by atoms with Crippen LogP contribution >= 0.6 is 24.0 Å². The lowest BCUT2D eigenvalue weighted by Crippen LogP contribution is -2.39. The molecule has 17 heavy (non-hydrogen) atoms. The van der Waals surface area contributed by atoms with Crippen molar-refractivity contribution >= 4 is 29.9 Å². The van der Waals surface area contributed by atoms with Gasteiger partial charge in [-0.25, -0.2) is 0 Å². The molecule has 0 aliphatic carbocycles. The smallest absolute Gasteiger partial charge is 0.383 e. The number of alkyl halides is 3. The van der Waals surface area contributed by atoms with Gasteiger partial charge in [-0.3, -0.25) is 4.99 Å². The van der Waals surface area contributed by atoms with Crippen LogP contribution in [0.25, 0.3) is 0 Å². The summed E-state index contributed by atoms with van der Waals surface area (Å²) in [5.41, 5.74) is 0. The standard InChI is InChI=1S/C9H18F3N3O.HI/c1-3-13-8(15-6-7-16-2)14-5-4-9(10,11)12;/h3-7H2,1-2H3,(H2,13,14,15);1H. The van der Waals surface area contributed by atoms with E-state index in [2.05, 4.69) is 15.6 Å². The molecule has 4 nitrogen and oxygen atoms in total. The van der Waals surface area contributed by atoms with E-state index in [1.807, 2.05) is 6.92 Å². The first-order valence-electron chi connectivity index (χ1n) is 5.07. The fraction of sp³-hybridized carbons (Fsp3) is 0.889. The van der Waals surface area contributed by atoms with Gasteiger partial charge in [0.05, 0.1) is 19.6 Å². The zero-order chi connectivity index (χ0) is 12.4. The quantitative estimate of drug-likeness (QED) is 0.325.